The molecule has 0 rings (SSSR count). The van der Waals surface area contributed by atoms with Gasteiger partial charge in [0.25, 0.3) is 5.91 Å². The Labute approximate surface area is 215 Å². The number of amides is 2. The predicted molar refractivity (Wildman–Crippen MR) is 101 cm³/mol. The first-order valence-electron chi connectivity index (χ1n) is 10.6. The van der Waals surface area contributed by atoms with Crippen LogP contribution in [-0.4, -0.2) is 103 Å². The highest BCUT2D eigenvalue weighted by molar-refractivity contribution is 5.90. The maximum atomic E-state index is 14.0. The van der Waals surface area contributed by atoms with Gasteiger partial charge in [-0.3, -0.25) is 14.4 Å². The molecule has 0 saturated heterocycles. The first-order valence-corrected chi connectivity index (χ1v) is 10.6. The molecule has 0 heterocycles. The van der Waals surface area contributed by atoms with Gasteiger partial charge in [0.15, 0.2) is 0 Å². The standard InChI is InChI=1S/C19H21F15N2O4/c1-4-5-6-7-40-11(38)9-35(2)10(37)8-36(3)12(39)13(20,21)14(22,23)15(24,25)16(26,27)17(28,29)18(30,31)19(32,33)34/h4-9H2,1-3H3. The number of likely N-dealkylation sites (N-methyl/N-ethyl adjacent to an activating group) is 2. The number of hydrogen-bond donors (Lipinski definition) is 0. The molecular formula is C19H21F15N2O4. The minimum absolute atomic E-state index is 0.0177. The first-order chi connectivity index (χ1) is 17.6. The molecule has 0 aromatic carbocycles. The molecule has 0 aliphatic rings. The van der Waals surface area contributed by atoms with Crippen LogP contribution in [0.4, 0.5) is 65.9 Å². The number of esters is 1. The summed E-state index contributed by atoms with van der Waals surface area (Å²) in [5.74, 6) is -55.1. The summed E-state index contributed by atoms with van der Waals surface area (Å²) >= 11 is 0. The quantitative estimate of drug-likeness (QED) is 0.155. The lowest BCUT2D eigenvalue weighted by molar-refractivity contribution is -0.449. The van der Waals surface area contributed by atoms with Gasteiger partial charge in [-0.15, -0.1) is 0 Å². The number of alkyl halides is 15. The lowest BCUT2D eigenvalue weighted by atomic mass is 9.90. The Hall–Kier alpha value is -2.64. The van der Waals surface area contributed by atoms with Gasteiger partial charge in [0, 0.05) is 14.1 Å². The van der Waals surface area contributed by atoms with Gasteiger partial charge in [0.1, 0.15) is 6.54 Å². The van der Waals surface area contributed by atoms with Crippen molar-refractivity contribution in [2.75, 3.05) is 33.8 Å². The number of rotatable bonds is 14. The molecule has 0 radical (unpaired) electrons. The summed E-state index contributed by atoms with van der Waals surface area (Å²) in [6.07, 6.45) is -5.98. The number of carbonyl (C=O) groups is 3. The molecule has 0 aliphatic carbocycles. The van der Waals surface area contributed by atoms with Gasteiger partial charge in [-0.05, 0) is 6.42 Å². The average Bonchev–Trinajstić information content (AvgIpc) is 2.79. The van der Waals surface area contributed by atoms with Crippen LogP contribution in [-0.2, 0) is 19.1 Å². The molecule has 0 fully saturated rings. The third-order valence-corrected chi connectivity index (χ3v) is 5.12. The second-order valence-electron chi connectivity index (χ2n) is 8.28. The highest BCUT2D eigenvalue weighted by atomic mass is 19.4. The van der Waals surface area contributed by atoms with Crippen molar-refractivity contribution in [3.63, 3.8) is 0 Å². The van der Waals surface area contributed by atoms with Crippen molar-refractivity contribution in [3.8, 4) is 0 Å². The van der Waals surface area contributed by atoms with Crippen LogP contribution >= 0.6 is 0 Å². The van der Waals surface area contributed by atoms with Gasteiger partial charge in [-0.2, -0.15) is 65.9 Å². The Kier molecular flexibility index (Phi) is 11.3. The maximum absolute atomic E-state index is 14.0. The summed E-state index contributed by atoms with van der Waals surface area (Å²) in [7, 11) is 0.794. The van der Waals surface area contributed by atoms with Crippen LogP contribution in [0.25, 0.3) is 0 Å². The van der Waals surface area contributed by atoms with Crippen molar-refractivity contribution < 1.29 is 85.0 Å². The molecule has 0 N–H and O–H groups in total. The van der Waals surface area contributed by atoms with Crippen molar-refractivity contribution in [1.82, 2.24) is 9.80 Å². The van der Waals surface area contributed by atoms with E-state index >= 15 is 0 Å². The van der Waals surface area contributed by atoms with E-state index in [9.17, 15) is 80.2 Å². The van der Waals surface area contributed by atoms with Gasteiger partial charge in [0.05, 0.1) is 13.2 Å². The van der Waals surface area contributed by atoms with E-state index < -0.39 is 77.5 Å². The molecule has 40 heavy (non-hydrogen) atoms. The van der Waals surface area contributed by atoms with E-state index in [1.54, 1.807) is 6.92 Å². The van der Waals surface area contributed by atoms with Gasteiger partial charge < -0.3 is 14.5 Å². The zero-order valence-corrected chi connectivity index (χ0v) is 20.4. The maximum Gasteiger partial charge on any atom is 0.460 e. The molecule has 0 aliphatic heterocycles. The summed E-state index contributed by atoms with van der Waals surface area (Å²) in [6, 6.07) is 0. The molecule has 21 heteroatoms. The molecule has 236 valence electrons. The number of halogens is 15. The molecule has 0 aromatic heterocycles. The van der Waals surface area contributed by atoms with Gasteiger partial charge in [-0.1, -0.05) is 19.8 Å². The topological polar surface area (TPSA) is 66.9 Å². The van der Waals surface area contributed by atoms with Crippen molar-refractivity contribution in [2.45, 2.75) is 67.9 Å². The number of unbranched alkanes of at least 4 members (excludes halogenated alkanes) is 2. The zero-order chi connectivity index (χ0) is 32.3. The molecule has 0 bridgehead atoms. The third kappa shape index (κ3) is 6.63. The largest absolute Gasteiger partial charge is 0.464 e. The monoisotopic (exact) mass is 626 g/mol. The Morgan fingerprint density at radius 3 is 1.45 bits per heavy atom. The van der Waals surface area contributed by atoms with Crippen molar-refractivity contribution in [3.05, 3.63) is 0 Å². The van der Waals surface area contributed by atoms with E-state index in [1.807, 2.05) is 0 Å². The van der Waals surface area contributed by atoms with Gasteiger partial charge in [-0.25, -0.2) is 0 Å². The van der Waals surface area contributed by atoms with E-state index in [1.165, 1.54) is 0 Å². The number of ether oxygens (including phenoxy) is 1. The highest BCUT2D eigenvalue weighted by Gasteiger charge is 2.94. The van der Waals surface area contributed by atoms with E-state index in [0.29, 0.717) is 17.7 Å². The van der Waals surface area contributed by atoms with Crippen LogP contribution in [0.2, 0.25) is 0 Å². The Morgan fingerprint density at radius 2 is 1.02 bits per heavy atom. The molecule has 2 amide bonds. The van der Waals surface area contributed by atoms with Crippen LogP contribution in [0.1, 0.15) is 26.2 Å². The molecule has 6 nitrogen and oxygen atoms in total. The van der Waals surface area contributed by atoms with Crippen LogP contribution in [0, 0.1) is 0 Å². The summed E-state index contributed by atoms with van der Waals surface area (Å²) in [5, 5.41) is 0. The molecule has 0 spiro atoms. The van der Waals surface area contributed by atoms with Crippen LogP contribution in [0.5, 0.6) is 0 Å². The van der Waals surface area contributed by atoms with E-state index in [0.717, 1.165) is 13.5 Å². The van der Waals surface area contributed by atoms with E-state index in [-0.39, 0.29) is 13.7 Å². The SMILES string of the molecule is CCCCCOC(=O)CN(C)C(=O)CN(C)C(=O)C(F)(F)C(F)(F)C(F)(F)C(F)(F)C(F)(F)C(F)(F)C(F)(F)F. The predicted octanol–water partition coefficient (Wildman–Crippen LogP) is 5.01. The normalized spacial score (nSPS) is 14.2. The fraction of sp³-hybridized carbons (Fsp3) is 0.842. The van der Waals surface area contributed by atoms with Crippen molar-refractivity contribution in [2.24, 2.45) is 0 Å². The molecular weight excluding hydrogens is 605 g/mol. The van der Waals surface area contributed by atoms with E-state index in [2.05, 4.69) is 4.74 Å². The van der Waals surface area contributed by atoms with E-state index in [4.69, 9.17) is 0 Å². The Bertz CT molecular complexity index is 922. The third-order valence-electron chi connectivity index (χ3n) is 5.12. The molecule has 0 unspecified atom stereocenters. The number of carbonyl (C=O) groups excluding carboxylic acids is 3. The van der Waals surface area contributed by atoms with Crippen molar-refractivity contribution in [1.29, 1.82) is 0 Å². The lowest BCUT2D eigenvalue weighted by Crippen LogP contribution is -2.74. The molecule has 0 atom stereocenters. The molecule has 0 aromatic rings. The second kappa shape index (κ2) is 12.1. The zero-order valence-electron chi connectivity index (χ0n) is 20.4. The fourth-order valence-corrected chi connectivity index (χ4v) is 2.60. The Balaban J connectivity index is 5.94. The lowest BCUT2D eigenvalue weighted by Gasteiger charge is -2.41. The fourth-order valence-electron chi connectivity index (χ4n) is 2.60. The van der Waals surface area contributed by atoms with Crippen LogP contribution in [0.15, 0.2) is 0 Å². The minimum atomic E-state index is -8.54. The average molecular weight is 626 g/mol. The number of nitrogens with zero attached hydrogens (tertiary/aromatic N) is 2. The summed E-state index contributed by atoms with van der Waals surface area (Å²) in [6.45, 7) is -0.984. The second-order valence-corrected chi connectivity index (χ2v) is 8.28. The van der Waals surface area contributed by atoms with Crippen LogP contribution in [0.3, 0.4) is 0 Å². The summed E-state index contributed by atoms with van der Waals surface area (Å²) in [5.41, 5.74) is 0. The minimum Gasteiger partial charge on any atom is -0.464 e. The highest BCUT2D eigenvalue weighted by Crippen LogP contribution is 2.62. The summed E-state index contributed by atoms with van der Waals surface area (Å²) in [4.78, 5) is 34.8. The van der Waals surface area contributed by atoms with Gasteiger partial charge in [0.2, 0.25) is 5.91 Å². The van der Waals surface area contributed by atoms with Crippen molar-refractivity contribution >= 4 is 17.8 Å². The van der Waals surface area contributed by atoms with Crippen LogP contribution < -0.4 is 0 Å². The first kappa shape index (κ1) is 37.4. The molecule has 0 saturated carbocycles. The Morgan fingerprint density at radius 1 is 0.600 bits per heavy atom. The number of hydrogen-bond acceptors (Lipinski definition) is 4. The van der Waals surface area contributed by atoms with Gasteiger partial charge >= 0.3 is 47.7 Å². The summed E-state index contributed by atoms with van der Waals surface area (Å²) < 4.78 is 204. The smallest absolute Gasteiger partial charge is 0.460 e.